The van der Waals surface area contributed by atoms with E-state index in [-0.39, 0.29) is 24.3 Å². The van der Waals surface area contributed by atoms with Gasteiger partial charge in [-0.15, -0.1) is 0 Å². The van der Waals surface area contributed by atoms with E-state index >= 15 is 0 Å². The SMILES string of the molecule is O=C(CCOCC(F)(F)F)NCC1(c2ccc(Cl)cc2)CC1. The number of ether oxygens (including phenoxy) is 1. The van der Waals surface area contributed by atoms with Gasteiger partial charge in [-0.1, -0.05) is 23.7 Å². The average Bonchev–Trinajstić information content (AvgIpc) is 3.22. The van der Waals surface area contributed by atoms with Crippen LogP contribution in [0.4, 0.5) is 13.2 Å². The van der Waals surface area contributed by atoms with Crippen molar-refractivity contribution in [1.29, 1.82) is 0 Å². The van der Waals surface area contributed by atoms with Gasteiger partial charge in [-0.3, -0.25) is 4.79 Å². The first-order valence-corrected chi connectivity index (χ1v) is 7.36. The molecule has 0 aromatic heterocycles. The van der Waals surface area contributed by atoms with Crippen molar-refractivity contribution >= 4 is 17.5 Å². The third-order valence-electron chi connectivity index (χ3n) is 3.67. The van der Waals surface area contributed by atoms with E-state index in [0.29, 0.717) is 11.6 Å². The minimum atomic E-state index is -4.36. The highest BCUT2D eigenvalue weighted by atomic mass is 35.5. The van der Waals surface area contributed by atoms with E-state index in [2.05, 4.69) is 10.1 Å². The Morgan fingerprint density at radius 3 is 2.45 bits per heavy atom. The molecule has 0 saturated heterocycles. The molecule has 22 heavy (non-hydrogen) atoms. The van der Waals surface area contributed by atoms with E-state index in [9.17, 15) is 18.0 Å². The molecule has 0 atom stereocenters. The number of halogens is 4. The molecule has 1 amide bonds. The Kier molecular flexibility index (Phi) is 5.34. The van der Waals surface area contributed by atoms with Gasteiger partial charge in [0.2, 0.25) is 5.91 Å². The van der Waals surface area contributed by atoms with Gasteiger partial charge in [0.15, 0.2) is 0 Å². The average molecular weight is 336 g/mol. The van der Waals surface area contributed by atoms with Gasteiger partial charge in [0.25, 0.3) is 0 Å². The molecule has 0 heterocycles. The van der Waals surface area contributed by atoms with E-state index < -0.39 is 12.8 Å². The van der Waals surface area contributed by atoms with Crippen molar-refractivity contribution in [2.75, 3.05) is 19.8 Å². The fraction of sp³-hybridized carbons (Fsp3) is 0.533. The molecule has 0 bridgehead atoms. The fourth-order valence-electron chi connectivity index (χ4n) is 2.23. The van der Waals surface area contributed by atoms with Crippen molar-refractivity contribution in [2.24, 2.45) is 0 Å². The van der Waals surface area contributed by atoms with Crippen LogP contribution in [0, 0.1) is 0 Å². The molecule has 1 aromatic carbocycles. The lowest BCUT2D eigenvalue weighted by atomic mass is 9.96. The van der Waals surface area contributed by atoms with Crippen molar-refractivity contribution < 1.29 is 22.7 Å². The Morgan fingerprint density at radius 1 is 1.27 bits per heavy atom. The van der Waals surface area contributed by atoms with E-state index in [1.54, 1.807) is 0 Å². The first kappa shape index (κ1) is 17.1. The zero-order valence-electron chi connectivity index (χ0n) is 11.9. The zero-order chi connectivity index (χ0) is 16.2. The first-order valence-electron chi connectivity index (χ1n) is 6.98. The first-order chi connectivity index (χ1) is 10.3. The maximum absolute atomic E-state index is 11.9. The normalized spacial score (nSPS) is 16.4. The Hall–Kier alpha value is -1.27. The molecule has 0 spiro atoms. The number of benzene rings is 1. The molecule has 1 aliphatic carbocycles. The molecule has 0 radical (unpaired) electrons. The molecule has 0 unspecified atom stereocenters. The van der Waals surface area contributed by atoms with Crippen molar-refractivity contribution in [2.45, 2.75) is 30.9 Å². The fourth-order valence-corrected chi connectivity index (χ4v) is 2.36. The summed E-state index contributed by atoms with van der Waals surface area (Å²) >= 11 is 5.85. The number of nitrogens with one attached hydrogen (secondary N) is 1. The second kappa shape index (κ2) is 6.87. The minimum absolute atomic E-state index is 0.0624. The number of hydrogen-bond acceptors (Lipinski definition) is 2. The van der Waals surface area contributed by atoms with Crippen molar-refractivity contribution in [3.63, 3.8) is 0 Å². The molecule has 122 valence electrons. The number of amides is 1. The number of alkyl halides is 3. The highest BCUT2D eigenvalue weighted by Crippen LogP contribution is 2.47. The molecule has 1 aromatic rings. The molecular weight excluding hydrogens is 319 g/mol. The molecule has 1 N–H and O–H groups in total. The molecule has 7 heteroatoms. The Labute approximate surface area is 131 Å². The number of hydrogen-bond donors (Lipinski definition) is 1. The predicted octanol–water partition coefficient (Wildman–Crippen LogP) is 3.46. The van der Waals surface area contributed by atoms with Gasteiger partial charge in [0, 0.05) is 23.4 Å². The maximum atomic E-state index is 11.9. The molecule has 3 nitrogen and oxygen atoms in total. The molecule has 0 aliphatic heterocycles. The molecule has 1 saturated carbocycles. The van der Waals surface area contributed by atoms with Crippen molar-refractivity contribution in [3.05, 3.63) is 34.9 Å². The summed E-state index contributed by atoms with van der Waals surface area (Å²) in [6.45, 7) is -1.08. The Morgan fingerprint density at radius 2 is 1.91 bits per heavy atom. The molecule has 1 fully saturated rings. The maximum Gasteiger partial charge on any atom is 0.411 e. The molecular formula is C15H17ClF3NO2. The summed E-state index contributed by atoms with van der Waals surface area (Å²) in [5.41, 5.74) is 1.05. The van der Waals surface area contributed by atoms with Crippen molar-refractivity contribution in [3.8, 4) is 0 Å². The molecule has 2 rings (SSSR count). The molecule has 1 aliphatic rings. The summed E-state index contributed by atoms with van der Waals surface area (Å²) in [5.74, 6) is -0.303. The lowest BCUT2D eigenvalue weighted by molar-refractivity contribution is -0.174. The highest BCUT2D eigenvalue weighted by molar-refractivity contribution is 6.30. The second-order valence-corrected chi connectivity index (χ2v) is 5.92. The number of carbonyl (C=O) groups excluding carboxylic acids is 1. The van der Waals surface area contributed by atoms with E-state index in [4.69, 9.17) is 11.6 Å². The summed E-state index contributed by atoms with van der Waals surface area (Å²) in [6, 6.07) is 7.50. The lowest BCUT2D eigenvalue weighted by Gasteiger charge is -2.17. The summed E-state index contributed by atoms with van der Waals surface area (Å²) in [5, 5.41) is 3.42. The van der Waals surface area contributed by atoms with Gasteiger partial charge in [-0.05, 0) is 30.5 Å². The predicted molar refractivity (Wildman–Crippen MR) is 76.9 cm³/mol. The van der Waals surface area contributed by atoms with Crippen LogP contribution < -0.4 is 5.32 Å². The number of rotatable bonds is 7. The quantitative estimate of drug-likeness (QED) is 0.775. The number of carbonyl (C=O) groups is 1. The van der Waals surface area contributed by atoms with E-state index in [1.807, 2.05) is 24.3 Å². The van der Waals surface area contributed by atoms with Crippen LogP contribution in [0.25, 0.3) is 0 Å². The standard InChI is InChI=1S/C15H17ClF3NO2/c16-12-3-1-11(2-4-12)14(6-7-14)9-20-13(21)5-8-22-10-15(17,18)19/h1-4H,5-10H2,(H,20,21). The summed E-state index contributed by atoms with van der Waals surface area (Å²) < 4.78 is 40.0. The van der Waals surface area contributed by atoms with Gasteiger partial charge in [0.1, 0.15) is 6.61 Å². The van der Waals surface area contributed by atoms with Gasteiger partial charge in [-0.25, -0.2) is 0 Å². The largest absolute Gasteiger partial charge is 0.411 e. The summed E-state index contributed by atoms with van der Waals surface area (Å²) in [7, 11) is 0. The minimum Gasteiger partial charge on any atom is -0.372 e. The monoisotopic (exact) mass is 335 g/mol. The van der Waals surface area contributed by atoms with Crippen LogP contribution in [0.2, 0.25) is 5.02 Å². The van der Waals surface area contributed by atoms with Gasteiger partial charge >= 0.3 is 6.18 Å². The summed E-state index contributed by atoms with van der Waals surface area (Å²) in [4.78, 5) is 11.6. The highest BCUT2D eigenvalue weighted by Gasteiger charge is 2.44. The van der Waals surface area contributed by atoms with Crippen LogP contribution in [0.15, 0.2) is 24.3 Å². The Bertz CT molecular complexity index is 513. The van der Waals surface area contributed by atoms with Gasteiger partial charge in [0.05, 0.1) is 6.61 Å². The topological polar surface area (TPSA) is 38.3 Å². The lowest BCUT2D eigenvalue weighted by Crippen LogP contribution is -2.33. The van der Waals surface area contributed by atoms with Crippen LogP contribution in [0.3, 0.4) is 0 Å². The van der Waals surface area contributed by atoms with Crippen LogP contribution >= 0.6 is 11.6 Å². The smallest absolute Gasteiger partial charge is 0.372 e. The van der Waals surface area contributed by atoms with Crippen LogP contribution in [0.1, 0.15) is 24.8 Å². The van der Waals surface area contributed by atoms with Crippen LogP contribution in [0.5, 0.6) is 0 Å². The van der Waals surface area contributed by atoms with E-state index in [0.717, 1.165) is 18.4 Å². The van der Waals surface area contributed by atoms with Crippen molar-refractivity contribution in [1.82, 2.24) is 5.32 Å². The summed E-state index contributed by atoms with van der Waals surface area (Å²) in [6.07, 6.45) is -2.49. The second-order valence-electron chi connectivity index (χ2n) is 5.48. The van der Waals surface area contributed by atoms with Gasteiger partial charge < -0.3 is 10.1 Å². The third kappa shape index (κ3) is 5.18. The van der Waals surface area contributed by atoms with E-state index in [1.165, 1.54) is 0 Å². The van der Waals surface area contributed by atoms with Gasteiger partial charge in [-0.2, -0.15) is 13.2 Å². The Balaban J connectivity index is 1.71. The third-order valence-corrected chi connectivity index (χ3v) is 3.93. The zero-order valence-corrected chi connectivity index (χ0v) is 12.6. The van der Waals surface area contributed by atoms with Crippen LogP contribution in [-0.4, -0.2) is 31.8 Å². The van der Waals surface area contributed by atoms with Crippen LogP contribution in [-0.2, 0) is 14.9 Å².